The van der Waals surface area contributed by atoms with Crippen LogP contribution < -0.4 is 5.32 Å². The summed E-state index contributed by atoms with van der Waals surface area (Å²) in [5, 5.41) is 2.91. The molecule has 0 bridgehead atoms. The lowest BCUT2D eigenvalue weighted by molar-refractivity contribution is -0.123. The van der Waals surface area contributed by atoms with Gasteiger partial charge in [-0.15, -0.1) is 0 Å². The van der Waals surface area contributed by atoms with Crippen LogP contribution in [0.4, 0.5) is 0 Å². The Morgan fingerprint density at radius 3 is 2.53 bits per heavy atom. The van der Waals surface area contributed by atoms with Crippen molar-refractivity contribution in [3.63, 3.8) is 0 Å². The Morgan fingerprint density at radius 2 is 2.16 bits per heavy atom. The van der Waals surface area contributed by atoms with E-state index < -0.39 is 5.54 Å². The van der Waals surface area contributed by atoms with Crippen molar-refractivity contribution in [2.75, 3.05) is 6.54 Å². The van der Waals surface area contributed by atoms with Crippen LogP contribution >= 0.6 is 0 Å². The first-order valence-electron chi connectivity index (χ1n) is 6.74. The minimum atomic E-state index is -0.748. The minimum Gasteiger partial charge on any atom is -0.312 e. The van der Waals surface area contributed by atoms with E-state index in [0.717, 1.165) is 5.84 Å². The summed E-state index contributed by atoms with van der Waals surface area (Å²) in [6, 6.07) is 0.250. The third-order valence-corrected chi connectivity index (χ3v) is 3.85. The van der Waals surface area contributed by atoms with E-state index >= 15 is 0 Å². The molecule has 0 unspecified atom stereocenters. The zero-order valence-corrected chi connectivity index (χ0v) is 12.3. The first-order chi connectivity index (χ1) is 8.69. The number of amides is 1. The molecule has 2 rings (SSSR count). The van der Waals surface area contributed by atoms with Crippen LogP contribution in [0.5, 0.6) is 0 Å². The van der Waals surface area contributed by atoms with Crippen molar-refractivity contribution >= 4 is 11.7 Å². The van der Waals surface area contributed by atoms with E-state index in [4.69, 9.17) is 6.57 Å². The van der Waals surface area contributed by atoms with Crippen LogP contribution in [0.15, 0.2) is 4.99 Å². The fraction of sp³-hybridized carbons (Fsp3) is 0.786. The van der Waals surface area contributed by atoms with E-state index in [9.17, 15) is 4.79 Å². The van der Waals surface area contributed by atoms with Crippen LogP contribution in [0.1, 0.15) is 41.0 Å². The van der Waals surface area contributed by atoms with E-state index in [-0.39, 0.29) is 23.5 Å². The van der Waals surface area contributed by atoms with Crippen LogP contribution in [0.3, 0.4) is 0 Å². The molecule has 5 heteroatoms. The molecule has 0 aliphatic carbocycles. The summed E-state index contributed by atoms with van der Waals surface area (Å²) >= 11 is 0. The highest BCUT2D eigenvalue weighted by molar-refractivity contribution is 6.10. The third-order valence-electron chi connectivity index (χ3n) is 3.85. The maximum absolute atomic E-state index is 12.3. The molecule has 2 atom stereocenters. The Bertz CT molecular complexity index is 469. The Labute approximate surface area is 114 Å². The molecule has 1 fully saturated rings. The van der Waals surface area contributed by atoms with Crippen molar-refractivity contribution in [1.82, 2.24) is 10.2 Å². The van der Waals surface area contributed by atoms with Crippen molar-refractivity contribution in [1.29, 1.82) is 0 Å². The normalized spacial score (nSPS) is 31.7. The summed E-state index contributed by atoms with van der Waals surface area (Å²) in [5.74, 6) is 0.695. The zero-order chi connectivity index (χ0) is 14.4. The number of nitrogens with one attached hydrogen (secondary N) is 1. The van der Waals surface area contributed by atoms with Gasteiger partial charge in [0.2, 0.25) is 0 Å². The van der Waals surface area contributed by atoms with Gasteiger partial charge in [-0.1, -0.05) is 20.8 Å². The molecule has 104 valence electrons. The highest BCUT2D eigenvalue weighted by Gasteiger charge is 2.56. The summed E-state index contributed by atoms with van der Waals surface area (Å²) in [4.78, 5) is 22.7. The monoisotopic (exact) mass is 262 g/mol. The van der Waals surface area contributed by atoms with E-state index in [1.54, 1.807) is 0 Å². The van der Waals surface area contributed by atoms with Gasteiger partial charge in [0.05, 0.1) is 6.42 Å². The Morgan fingerprint density at radius 1 is 1.53 bits per heavy atom. The number of carbonyl (C=O) groups excluding carboxylic acids is 1. The highest BCUT2D eigenvalue weighted by atomic mass is 16.2. The number of hydrogen-bond acceptors (Lipinski definition) is 3. The van der Waals surface area contributed by atoms with E-state index in [1.807, 2.05) is 20.8 Å². The first kappa shape index (κ1) is 14.0. The van der Waals surface area contributed by atoms with Crippen molar-refractivity contribution in [2.24, 2.45) is 10.4 Å². The second-order valence-electron chi connectivity index (χ2n) is 6.78. The molecular weight excluding hydrogens is 240 g/mol. The van der Waals surface area contributed by atoms with Crippen LogP contribution in [0.2, 0.25) is 0 Å². The molecule has 2 heterocycles. The predicted molar refractivity (Wildman–Crippen MR) is 74.6 cm³/mol. The number of nitrogens with zero attached hydrogens (tertiary/aromatic N) is 3. The molecule has 2 aliphatic rings. The van der Waals surface area contributed by atoms with Gasteiger partial charge in [-0.05, 0) is 13.8 Å². The van der Waals surface area contributed by atoms with Gasteiger partial charge >= 0.3 is 0 Å². The molecule has 0 saturated carbocycles. The highest BCUT2D eigenvalue weighted by Crippen LogP contribution is 2.37. The molecule has 0 aromatic carbocycles. The largest absolute Gasteiger partial charge is 0.312 e. The van der Waals surface area contributed by atoms with Crippen molar-refractivity contribution in [2.45, 2.75) is 58.8 Å². The average molecular weight is 262 g/mol. The Kier molecular flexibility index (Phi) is 3.18. The van der Waals surface area contributed by atoms with Gasteiger partial charge in [-0.25, -0.2) is 11.5 Å². The summed E-state index contributed by atoms with van der Waals surface area (Å²) in [6.07, 6.45) is 0.258. The number of carbonyl (C=O) groups is 1. The molecule has 1 saturated heterocycles. The zero-order valence-electron chi connectivity index (χ0n) is 12.3. The van der Waals surface area contributed by atoms with Gasteiger partial charge in [-0.3, -0.25) is 14.6 Å². The van der Waals surface area contributed by atoms with Crippen molar-refractivity contribution < 1.29 is 4.79 Å². The molecule has 1 amide bonds. The molecule has 1 spiro atoms. The smallest absolute Gasteiger partial charge is 0.282 e. The van der Waals surface area contributed by atoms with E-state index in [1.165, 1.54) is 0 Å². The lowest BCUT2D eigenvalue weighted by atomic mass is 9.95. The topological polar surface area (TPSA) is 49.1 Å². The second-order valence-corrected chi connectivity index (χ2v) is 6.78. The van der Waals surface area contributed by atoms with Crippen LogP contribution in [-0.4, -0.2) is 40.9 Å². The number of rotatable bonds is 1. The summed E-state index contributed by atoms with van der Waals surface area (Å²) in [5.41, 5.74) is -0.917. The molecular formula is C14H22N4O. The molecule has 2 aliphatic heterocycles. The number of hydrogen-bond donors (Lipinski definition) is 1. The quantitative estimate of drug-likeness (QED) is 0.731. The lowest BCUT2D eigenvalue weighted by Gasteiger charge is -2.21. The Balaban J connectivity index is 2.33. The fourth-order valence-corrected chi connectivity index (χ4v) is 2.66. The fourth-order valence-electron chi connectivity index (χ4n) is 2.66. The van der Waals surface area contributed by atoms with Gasteiger partial charge in [0.1, 0.15) is 5.84 Å². The van der Waals surface area contributed by atoms with Gasteiger partial charge < -0.3 is 5.32 Å². The second kappa shape index (κ2) is 4.31. The average Bonchev–Trinajstić information content (AvgIpc) is 2.81. The number of aliphatic imine (C=N–C) groups is 1. The molecule has 0 radical (unpaired) electrons. The van der Waals surface area contributed by atoms with E-state index in [0.29, 0.717) is 13.0 Å². The van der Waals surface area contributed by atoms with Crippen molar-refractivity contribution in [3.05, 3.63) is 11.4 Å². The molecule has 19 heavy (non-hydrogen) atoms. The standard InChI is InChI=1S/C14H22N4O/c1-9(2)18-8-14(7-10(18)15-6)12(19)16-11(17-14)13(3,4)5/h9-10H,7-8H2,1-5H3,(H,16,17,19)/t10-,14+/m0/s1. The SMILES string of the molecule is [C-]#[N+][C@@H]1C[C@]2(CN1C(C)C)N=C(C(C)(C)C)NC2=O. The van der Waals surface area contributed by atoms with E-state index in [2.05, 4.69) is 33.9 Å². The van der Waals surface area contributed by atoms with Crippen LogP contribution in [0.25, 0.3) is 4.85 Å². The molecule has 0 aromatic rings. The van der Waals surface area contributed by atoms with Crippen LogP contribution in [0, 0.1) is 12.0 Å². The van der Waals surface area contributed by atoms with Gasteiger partial charge in [-0.2, -0.15) is 0 Å². The summed E-state index contributed by atoms with van der Waals surface area (Å²) in [7, 11) is 0. The molecule has 0 aromatic heterocycles. The molecule has 1 N–H and O–H groups in total. The number of likely N-dealkylation sites (tertiary alicyclic amines) is 1. The Hall–Kier alpha value is -1.41. The van der Waals surface area contributed by atoms with Gasteiger partial charge in [0, 0.05) is 18.0 Å². The summed E-state index contributed by atoms with van der Waals surface area (Å²) < 4.78 is 0. The minimum absolute atomic E-state index is 0.0470. The summed E-state index contributed by atoms with van der Waals surface area (Å²) in [6.45, 7) is 18.1. The van der Waals surface area contributed by atoms with Crippen molar-refractivity contribution in [3.8, 4) is 0 Å². The lowest BCUT2D eigenvalue weighted by Crippen LogP contribution is -2.44. The van der Waals surface area contributed by atoms with Gasteiger partial charge in [0.25, 0.3) is 12.1 Å². The third kappa shape index (κ3) is 2.25. The number of amidine groups is 1. The maximum Gasteiger partial charge on any atom is 0.282 e. The van der Waals surface area contributed by atoms with Crippen LogP contribution in [-0.2, 0) is 4.79 Å². The first-order valence-corrected chi connectivity index (χ1v) is 6.74. The predicted octanol–water partition coefficient (Wildman–Crippen LogP) is 1.66. The van der Waals surface area contributed by atoms with Gasteiger partial charge in [0.15, 0.2) is 5.54 Å². The maximum atomic E-state index is 12.3. The molecule has 5 nitrogen and oxygen atoms in total.